The van der Waals surface area contributed by atoms with Gasteiger partial charge in [-0.2, -0.15) is 5.10 Å². The van der Waals surface area contributed by atoms with Crippen LogP contribution < -0.4 is 9.64 Å². The van der Waals surface area contributed by atoms with Crippen molar-refractivity contribution < 1.29 is 4.74 Å². The minimum Gasteiger partial charge on any atom is -0.497 e. The highest BCUT2D eigenvalue weighted by molar-refractivity contribution is 6.30. The van der Waals surface area contributed by atoms with Gasteiger partial charge in [0.2, 0.25) is 0 Å². The van der Waals surface area contributed by atoms with E-state index in [9.17, 15) is 0 Å². The Labute approximate surface area is 197 Å². The number of anilines is 1. The zero-order chi connectivity index (χ0) is 22.5. The minimum absolute atomic E-state index is 0.102. The summed E-state index contributed by atoms with van der Waals surface area (Å²) >= 11 is 6.13. The third kappa shape index (κ3) is 3.16. The number of benzene rings is 3. The van der Waals surface area contributed by atoms with E-state index in [1.807, 2.05) is 48.0 Å². The summed E-state index contributed by atoms with van der Waals surface area (Å²) in [6, 6.07) is 24.2. The van der Waals surface area contributed by atoms with Crippen molar-refractivity contribution in [3.63, 3.8) is 0 Å². The van der Waals surface area contributed by atoms with Crippen LogP contribution in [0.15, 0.2) is 83.9 Å². The fraction of sp³-hybridized carbons (Fsp3) is 0.111. The third-order valence-corrected chi connectivity index (χ3v) is 6.42. The maximum absolute atomic E-state index is 6.13. The zero-order valence-electron chi connectivity index (χ0n) is 18.2. The molecule has 0 amide bonds. The number of rotatable bonds is 3. The van der Waals surface area contributed by atoms with E-state index in [1.54, 1.807) is 7.11 Å². The molecule has 5 nitrogen and oxygen atoms in total. The van der Waals surface area contributed by atoms with Gasteiger partial charge < -0.3 is 9.64 Å². The fourth-order valence-corrected chi connectivity index (χ4v) is 4.79. The summed E-state index contributed by atoms with van der Waals surface area (Å²) in [5, 5.41) is 5.60. The molecule has 4 aromatic rings. The van der Waals surface area contributed by atoms with Crippen LogP contribution in [0.2, 0.25) is 5.02 Å². The molecule has 3 heterocycles. The quantitative estimate of drug-likeness (QED) is 0.356. The van der Waals surface area contributed by atoms with E-state index >= 15 is 0 Å². The first-order chi connectivity index (χ1) is 16.1. The van der Waals surface area contributed by atoms with Gasteiger partial charge in [0.05, 0.1) is 30.2 Å². The number of amidine groups is 1. The molecule has 1 atom stereocenters. The molecule has 6 rings (SSSR count). The SMILES string of the molecule is COc1cccc([C@@H]2c3c(C)nn(-c4ccc(Cl)cc4)c3N=C3C=Cc4ccccc4N32)c1. The van der Waals surface area contributed by atoms with E-state index in [0.717, 1.165) is 51.2 Å². The average Bonchev–Trinajstić information content (AvgIpc) is 3.19. The molecule has 0 unspecified atom stereocenters. The van der Waals surface area contributed by atoms with Crippen LogP contribution in [-0.2, 0) is 0 Å². The summed E-state index contributed by atoms with van der Waals surface area (Å²) in [4.78, 5) is 7.40. The largest absolute Gasteiger partial charge is 0.497 e. The Kier molecular flexibility index (Phi) is 4.59. The van der Waals surface area contributed by atoms with Gasteiger partial charge in [0, 0.05) is 10.6 Å². The lowest BCUT2D eigenvalue weighted by atomic mass is 9.92. The first kappa shape index (κ1) is 19.8. The van der Waals surface area contributed by atoms with Crippen molar-refractivity contribution in [2.75, 3.05) is 12.0 Å². The van der Waals surface area contributed by atoms with E-state index in [1.165, 1.54) is 0 Å². The molecule has 33 heavy (non-hydrogen) atoms. The third-order valence-electron chi connectivity index (χ3n) is 6.17. The van der Waals surface area contributed by atoms with Gasteiger partial charge in [0.1, 0.15) is 11.6 Å². The average molecular weight is 453 g/mol. The maximum Gasteiger partial charge on any atom is 0.163 e. The Morgan fingerprint density at radius 1 is 0.939 bits per heavy atom. The van der Waals surface area contributed by atoms with Gasteiger partial charge >= 0.3 is 0 Å². The number of hydrogen-bond acceptors (Lipinski definition) is 4. The monoisotopic (exact) mass is 452 g/mol. The minimum atomic E-state index is -0.102. The number of halogens is 1. The topological polar surface area (TPSA) is 42.6 Å². The maximum atomic E-state index is 6.13. The van der Waals surface area contributed by atoms with Crippen LogP contribution in [0.4, 0.5) is 11.5 Å². The van der Waals surface area contributed by atoms with Crippen molar-refractivity contribution in [1.29, 1.82) is 0 Å². The Balaban J connectivity index is 1.63. The van der Waals surface area contributed by atoms with Crippen molar-refractivity contribution in [2.45, 2.75) is 13.0 Å². The van der Waals surface area contributed by atoms with Crippen molar-refractivity contribution in [3.8, 4) is 11.4 Å². The lowest BCUT2D eigenvalue weighted by molar-refractivity contribution is 0.414. The molecular weight excluding hydrogens is 432 g/mol. The number of fused-ring (bicyclic) bond motifs is 4. The summed E-state index contributed by atoms with van der Waals surface area (Å²) in [6.45, 7) is 2.05. The highest BCUT2D eigenvalue weighted by Crippen LogP contribution is 2.47. The molecule has 0 saturated heterocycles. The molecule has 1 aromatic heterocycles. The molecule has 0 bridgehead atoms. The van der Waals surface area contributed by atoms with Crippen molar-refractivity contribution in [3.05, 3.63) is 106 Å². The highest BCUT2D eigenvalue weighted by atomic mass is 35.5. The molecule has 0 N–H and O–H groups in total. The molecule has 0 saturated carbocycles. The van der Waals surface area contributed by atoms with E-state index in [4.69, 9.17) is 26.4 Å². The van der Waals surface area contributed by atoms with Crippen LogP contribution in [-0.4, -0.2) is 22.7 Å². The van der Waals surface area contributed by atoms with E-state index in [-0.39, 0.29) is 6.04 Å². The lowest BCUT2D eigenvalue weighted by Gasteiger charge is -2.39. The molecule has 2 aliphatic rings. The second kappa shape index (κ2) is 7.64. The van der Waals surface area contributed by atoms with Crippen LogP contribution in [0, 0.1) is 6.92 Å². The number of hydrogen-bond donors (Lipinski definition) is 0. The van der Waals surface area contributed by atoms with Crippen LogP contribution in [0.5, 0.6) is 5.75 Å². The normalized spacial score (nSPS) is 16.0. The number of ether oxygens (including phenoxy) is 1. The van der Waals surface area contributed by atoms with Gasteiger partial charge in [-0.3, -0.25) is 0 Å². The van der Waals surface area contributed by atoms with Crippen LogP contribution in [0.25, 0.3) is 11.8 Å². The van der Waals surface area contributed by atoms with Gasteiger partial charge in [-0.25, -0.2) is 9.67 Å². The predicted octanol–water partition coefficient (Wildman–Crippen LogP) is 6.51. The zero-order valence-corrected chi connectivity index (χ0v) is 19.0. The Morgan fingerprint density at radius 3 is 2.58 bits per heavy atom. The van der Waals surface area contributed by atoms with E-state index < -0.39 is 0 Å². The molecule has 0 spiro atoms. The summed E-state index contributed by atoms with van der Waals surface area (Å²) in [7, 11) is 1.70. The molecule has 3 aromatic carbocycles. The smallest absolute Gasteiger partial charge is 0.163 e. The molecule has 0 radical (unpaired) electrons. The molecule has 0 aliphatic carbocycles. The first-order valence-electron chi connectivity index (χ1n) is 10.8. The Bertz CT molecular complexity index is 1440. The number of aryl methyl sites for hydroxylation is 1. The van der Waals surface area contributed by atoms with Crippen LogP contribution in [0.1, 0.15) is 28.4 Å². The van der Waals surface area contributed by atoms with Gasteiger partial charge in [0.25, 0.3) is 0 Å². The number of nitrogens with zero attached hydrogens (tertiary/aromatic N) is 4. The fourth-order valence-electron chi connectivity index (χ4n) is 4.66. The highest BCUT2D eigenvalue weighted by Gasteiger charge is 2.38. The summed E-state index contributed by atoms with van der Waals surface area (Å²) < 4.78 is 7.47. The summed E-state index contributed by atoms with van der Waals surface area (Å²) in [5.74, 6) is 2.53. The summed E-state index contributed by atoms with van der Waals surface area (Å²) in [5.41, 5.74) is 6.33. The van der Waals surface area contributed by atoms with Crippen molar-refractivity contribution in [1.82, 2.24) is 9.78 Å². The Morgan fingerprint density at radius 2 is 1.76 bits per heavy atom. The second-order valence-corrected chi connectivity index (χ2v) is 8.56. The summed E-state index contributed by atoms with van der Waals surface area (Å²) in [6.07, 6.45) is 4.20. The lowest BCUT2D eigenvalue weighted by Crippen LogP contribution is -2.38. The first-order valence-corrected chi connectivity index (χ1v) is 11.2. The molecule has 6 heteroatoms. The van der Waals surface area contributed by atoms with Gasteiger partial charge in [-0.15, -0.1) is 0 Å². The van der Waals surface area contributed by atoms with E-state index in [2.05, 4.69) is 53.5 Å². The molecule has 162 valence electrons. The number of para-hydroxylation sites is 1. The van der Waals surface area contributed by atoms with Crippen molar-refractivity contribution in [2.24, 2.45) is 4.99 Å². The molecule has 2 aliphatic heterocycles. The predicted molar refractivity (Wildman–Crippen MR) is 133 cm³/mol. The standard InChI is InChI=1S/C27H21ClN4O/c1-17-25-26(19-7-5-8-22(16-19)33-2)31-23-9-4-3-6-18(23)10-15-24(31)29-27(25)32(30-17)21-13-11-20(28)12-14-21/h3-16,26H,1-2H3/t26-/m1/s1. The van der Waals surface area contributed by atoms with Gasteiger partial charge in [0.15, 0.2) is 5.82 Å². The second-order valence-electron chi connectivity index (χ2n) is 8.12. The number of aliphatic imine (C=N–C) groups is 1. The van der Waals surface area contributed by atoms with Crippen LogP contribution >= 0.6 is 11.6 Å². The number of aromatic nitrogens is 2. The Hall–Kier alpha value is -3.83. The van der Waals surface area contributed by atoms with Crippen LogP contribution in [0.3, 0.4) is 0 Å². The van der Waals surface area contributed by atoms with Gasteiger partial charge in [-0.05, 0) is 72.7 Å². The van der Waals surface area contributed by atoms with Gasteiger partial charge in [-0.1, -0.05) is 41.9 Å². The molecular formula is C27H21ClN4O. The van der Waals surface area contributed by atoms with E-state index in [0.29, 0.717) is 5.02 Å². The number of methoxy groups -OCH3 is 1. The van der Waals surface area contributed by atoms with Crippen molar-refractivity contribution >= 4 is 35.0 Å². The molecule has 0 fully saturated rings.